The Morgan fingerprint density at radius 3 is 2.81 bits per heavy atom. The number of benzene rings is 1. The van der Waals surface area contributed by atoms with Crippen LogP contribution in [0.2, 0.25) is 0 Å². The van der Waals surface area contributed by atoms with Crippen LogP contribution in [0.15, 0.2) is 49.1 Å². The molecule has 3 rings (SSSR count). The molecule has 0 radical (unpaired) electrons. The zero-order valence-corrected chi connectivity index (χ0v) is 14.3. The standard InChI is InChI=1S/C18H19FN6O/c1-13-20-8-9-25(13)17-11-16(23-12-24-17)21-6-7-22-18(26)10-14-4-2-3-5-15(14)19/h2-5,8-9,11-12H,6-7,10H2,1H3,(H,22,26)(H,21,23,24). The third kappa shape index (κ3) is 4.41. The topological polar surface area (TPSA) is 84.7 Å². The minimum absolute atomic E-state index is 0.0181. The number of nitrogens with zero attached hydrogens (tertiary/aromatic N) is 4. The number of carbonyl (C=O) groups excluding carboxylic acids is 1. The summed E-state index contributed by atoms with van der Waals surface area (Å²) in [6.07, 6.45) is 5.01. The van der Waals surface area contributed by atoms with Crippen molar-refractivity contribution in [1.82, 2.24) is 24.8 Å². The van der Waals surface area contributed by atoms with Crippen LogP contribution in [0, 0.1) is 12.7 Å². The third-order valence-corrected chi connectivity index (χ3v) is 3.79. The van der Waals surface area contributed by atoms with Gasteiger partial charge in [-0.3, -0.25) is 9.36 Å². The first kappa shape index (κ1) is 17.5. The summed E-state index contributed by atoms with van der Waals surface area (Å²) in [6, 6.07) is 8.06. The van der Waals surface area contributed by atoms with Gasteiger partial charge in [0.05, 0.1) is 6.42 Å². The van der Waals surface area contributed by atoms with Gasteiger partial charge in [0, 0.05) is 31.5 Å². The molecule has 0 saturated carbocycles. The van der Waals surface area contributed by atoms with E-state index in [1.165, 1.54) is 12.4 Å². The number of aromatic nitrogens is 4. The first-order valence-electron chi connectivity index (χ1n) is 8.20. The van der Waals surface area contributed by atoms with Crippen molar-refractivity contribution >= 4 is 11.7 Å². The average molecular weight is 354 g/mol. The molecule has 1 aromatic carbocycles. The van der Waals surface area contributed by atoms with Gasteiger partial charge in [-0.15, -0.1) is 0 Å². The van der Waals surface area contributed by atoms with E-state index in [1.54, 1.807) is 30.5 Å². The van der Waals surface area contributed by atoms with Crippen molar-refractivity contribution in [2.45, 2.75) is 13.3 Å². The van der Waals surface area contributed by atoms with Crippen LogP contribution in [0.3, 0.4) is 0 Å². The van der Waals surface area contributed by atoms with E-state index in [4.69, 9.17) is 0 Å². The number of hydrogen-bond donors (Lipinski definition) is 2. The number of aryl methyl sites for hydroxylation is 1. The zero-order valence-electron chi connectivity index (χ0n) is 14.3. The molecular weight excluding hydrogens is 335 g/mol. The molecule has 0 aliphatic heterocycles. The van der Waals surface area contributed by atoms with Gasteiger partial charge in [-0.05, 0) is 18.6 Å². The lowest BCUT2D eigenvalue weighted by Crippen LogP contribution is -2.30. The first-order valence-corrected chi connectivity index (χ1v) is 8.20. The number of rotatable bonds is 7. The maximum absolute atomic E-state index is 13.5. The molecule has 2 heterocycles. The van der Waals surface area contributed by atoms with E-state index in [-0.39, 0.29) is 18.1 Å². The zero-order chi connectivity index (χ0) is 18.4. The fourth-order valence-corrected chi connectivity index (χ4v) is 2.47. The number of nitrogens with one attached hydrogen (secondary N) is 2. The molecule has 0 unspecified atom stereocenters. The molecule has 2 aromatic heterocycles. The summed E-state index contributed by atoms with van der Waals surface area (Å²) in [5.74, 6) is 1.58. The monoisotopic (exact) mass is 354 g/mol. The Hall–Kier alpha value is -3.29. The quantitative estimate of drug-likeness (QED) is 0.633. The molecule has 0 aliphatic rings. The highest BCUT2D eigenvalue weighted by Crippen LogP contribution is 2.10. The van der Waals surface area contributed by atoms with Crippen LogP contribution < -0.4 is 10.6 Å². The second-order valence-electron chi connectivity index (χ2n) is 5.65. The van der Waals surface area contributed by atoms with Gasteiger partial charge in [0.25, 0.3) is 0 Å². The normalized spacial score (nSPS) is 10.5. The maximum Gasteiger partial charge on any atom is 0.224 e. The fraction of sp³-hybridized carbons (Fsp3) is 0.222. The second-order valence-corrected chi connectivity index (χ2v) is 5.65. The summed E-state index contributed by atoms with van der Waals surface area (Å²) in [5.41, 5.74) is 0.383. The summed E-state index contributed by atoms with van der Waals surface area (Å²) < 4.78 is 15.4. The first-order chi connectivity index (χ1) is 12.6. The van der Waals surface area contributed by atoms with Gasteiger partial charge < -0.3 is 10.6 Å². The number of anilines is 1. The minimum atomic E-state index is -0.371. The fourth-order valence-electron chi connectivity index (χ4n) is 2.47. The van der Waals surface area contributed by atoms with Gasteiger partial charge in [-0.2, -0.15) is 0 Å². The lowest BCUT2D eigenvalue weighted by atomic mass is 10.1. The van der Waals surface area contributed by atoms with Gasteiger partial charge in [0.2, 0.25) is 5.91 Å². The molecular formula is C18H19FN6O. The highest BCUT2D eigenvalue weighted by molar-refractivity contribution is 5.78. The van der Waals surface area contributed by atoms with E-state index in [2.05, 4.69) is 25.6 Å². The number of amides is 1. The number of carbonyl (C=O) groups is 1. The molecule has 0 bridgehead atoms. The summed E-state index contributed by atoms with van der Waals surface area (Å²) in [5, 5.41) is 5.88. The third-order valence-electron chi connectivity index (χ3n) is 3.79. The Labute approximate surface area is 150 Å². The Balaban J connectivity index is 1.47. The van der Waals surface area contributed by atoms with Gasteiger partial charge >= 0.3 is 0 Å². The minimum Gasteiger partial charge on any atom is -0.368 e. The van der Waals surface area contributed by atoms with Gasteiger partial charge in [-0.1, -0.05) is 18.2 Å². The predicted molar refractivity (Wildman–Crippen MR) is 95.5 cm³/mol. The van der Waals surface area contributed by atoms with Gasteiger partial charge in [0.1, 0.15) is 29.6 Å². The summed E-state index contributed by atoms with van der Waals surface area (Å²) >= 11 is 0. The van der Waals surface area contributed by atoms with E-state index in [0.717, 1.165) is 5.82 Å². The van der Waals surface area contributed by atoms with E-state index in [0.29, 0.717) is 30.3 Å². The molecule has 26 heavy (non-hydrogen) atoms. The molecule has 0 atom stereocenters. The Kier molecular flexibility index (Phi) is 5.52. The molecule has 8 heteroatoms. The molecule has 0 fully saturated rings. The summed E-state index contributed by atoms with van der Waals surface area (Å²) in [7, 11) is 0. The van der Waals surface area contributed by atoms with Crippen molar-refractivity contribution in [1.29, 1.82) is 0 Å². The van der Waals surface area contributed by atoms with E-state index >= 15 is 0 Å². The van der Waals surface area contributed by atoms with Crippen LogP contribution in [0.25, 0.3) is 5.82 Å². The second kappa shape index (κ2) is 8.19. The number of hydrogen-bond acceptors (Lipinski definition) is 5. The summed E-state index contributed by atoms with van der Waals surface area (Å²) in [6.45, 7) is 2.78. The smallest absolute Gasteiger partial charge is 0.224 e. The SMILES string of the molecule is Cc1nccn1-c1cc(NCCNC(=O)Cc2ccccc2F)ncn1. The molecule has 2 N–H and O–H groups in total. The van der Waals surface area contributed by atoms with Crippen molar-refractivity contribution in [3.63, 3.8) is 0 Å². The van der Waals surface area contributed by atoms with Crippen molar-refractivity contribution in [2.75, 3.05) is 18.4 Å². The largest absolute Gasteiger partial charge is 0.368 e. The van der Waals surface area contributed by atoms with E-state index in [9.17, 15) is 9.18 Å². The highest BCUT2D eigenvalue weighted by atomic mass is 19.1. The van der Waals surface area contributed by atoms with Gasteiger partial charge in [-0.25, -0.2) is 19.3 Å². The molecule has 1 amide bonds. The van der Waals surface area contributed by atoms with E-state index < -0.39 is 0 Å². The molecule has 0 spiro atoms. The molecule has 0 saturated heterocycles. The van der Waals surface area contributed by atoms with Crippen LogP contribution in [0.4, 0.5) is 10.2 Å². The number of imidazole rings is 1. The van der Waals surface area contributed by atoms with Crippen LogP contribution in [0.1, 0.15) is 11.4 Å². The number of halogens is 1. The lowest BCUT2D eigenvalue weighted by molar-refractivity contribution is -0.120. The molecule has 134 valence electrons. The summed E-state index contributed by atoms with van der Waals surface area (Å²) in [4.78, 5) is 24.4. The van der Waals surface area contributed by atoms with Crippen molar-refractivity contribution in [3.8, 4) is 5.82 Å². The Bertz CT molecular complexity index is 895. The van der Waals surface area contributed by atoms with Crippen molar-refractivity contribution in [3.05, 3.63) is 66.3 Å². The molecule has 0 aliphatic carbocycles. The van der Waals surface area contributed by atoms with Crippen molar-refractivity contribution < 1.29 is 9.18 Å². The Morgan fingerprint density at radius 2 is 2.04 bits per heavy atom. The maximum atomic E-state index is 13.5. The lowest BCUT2D eigenvalue weighted by Gasteiger charge is -2.09. The average Bonchev–Trinajstić information content (AvgIpc) is 3.07. The Morgan fingerprint density at radius 1 is 1.19 bits per heavy atom. The van der Waals surface area contributed by atoms with Crippen molar-refractivity contribution in [2.24, 2.45) is 0 Å². The highest BCUT2D eigenvalue weighted by Gasteiger charge is 2.07. The van der Waals surface area contributed by atoms with Crippen LogP contribution in [0.5, 0.6) is 0 Å². The predicted octanol–water partition coefficient (Wildman–Crippen LogP) is 1.88. The van der Waals surface area contributed by atoms with Crippen LogP contribution in [-0.4, -0.2) is 38.5 Å². The molecule has 3 aromatic rings. The van der Waals surface area contributed by atoms with Crippen LogP contribution in [-0.2, 0) is 11.2 Å². The van der Waals surface area contributed by atoms with Gasteiger partial charge in [0.15, 0.2) is 0 Å². The van der Waals surface area contributed by atoms with Crippen LogP contribution >= 0.6 is 0 Å². The van der Waals surface area contributed by atoms with E-state index in [1.807, 2.05) is 17.7 Å². The molecule has 7 nitrogen and oxygen atoms in total.